The van der Waals surface area contributed by atoms with Crippen molar-refractivity contribution >= 4 is 17.4 Å². The maximum atomic E-state index is 12.0. The number of nitrogens with zero attached hydrogens (tertiary/aromatic N) is 2. The fourth-order valence-corrected chi connectivity index (χ4v) is 2.29. The summed E-state index contributed by atoms with van der Waals surface area (Å²) >= 11 is 0. The second-order valence-electron chi connectivity index (χ2n) is 7.69. The molecule has 5 heteroatoms. The summed E-state index contributed by atoms with van der Waals surface area (Å²) in [4.78, 5) is 12.0. The summed E-state index contributed by atoms with van der Waals surface area (Å²) in [5.41, 5.74) is 2.68. The molecule has 2 rings (SSSR count). The number of aromatic nitrogens is 2. The van der Waals surface area contributed by atoms with Crippen molar-refractivity contribution < 1.29 is 4.79 Å². The van der Waals surface area contributed by atoms with Crippen LogP contribution in [0.4, 0.5) is 11.5 Å². The van der Waals surface area contributed by atoms with Crippen molar-refractivity contribution in [3.05, 3.63) is 47.7 Å². The first-order chi connectivity index (χ1) is 11.8. The average molecular weight is 340 g/mol. The van der Waals surface area contributed by atoms with E-state index in [1.165, 1.54) is 5.56 Å². The first-order valence-electron chi connectivity index (χ1n) is 8.75. The number of nitrogens with one attached hydrogen (secondary N) is 2. The number of carbonyl (C=O) groups excluding carboxylic acids is 1. The maximum absolute atomic E-state index is 12.0. The predicted molar refractivity (Wildman–Crippen MR) is 102 cm³/mol. The van der Waals surface area contributed by atoms with Gasteiger partial charge in [-0.15, -0.1) is 10.2 Å². The molecule has 1 aromatic carbocycles. The Labute approximate surface area is 150 Å². The molecule has 2 N–H and O–H groups in total. The van der Waals surface area contributed by atoms with Crippen LogP contribution in [0.1, 0.15) is 57.1 Å². The van der Waals surface area contributed by atoms with Gasteiger partial charge < -0.3 is 10.6 Å². The molecule has 0 spiro atoms. The SMILES string of the molecule is CC(C)CCNC(=O)c1ccc(Nc2ccc(C(C)(C)C)cc2)nn1. The summed E-state index contributed by atoms with van der Waals surface area (Å²) in [5, 5.41) is 14.2. The van der Waals surface area contributed by atoms with E-state index in [9.17, 15) is 4.79 Å². The van der Waals surface area contributed by atoms with Gasteiger partial charge in [-0.1, -0.05) is 46.8 Å². The van der Waals surface area contributed by atoms with Crippen LogP contribution in [0.2, 0.25) is 0 Å². The van der Waals surface area contributed by atoms with E-state index < -0.39 is 0 Å². The molecule has 0 aliphatic heterocycles. The molecule has 1 amide bonds. The number of hydrogen-bond acceptors (Lipinski definition) is 4. The van der Waals surface area contributed by atoms with Crippen LogP contribution < -0.4 is 10.6 Å². The predicted octanol–water partition coefficient (Wildman–Crippen LogP) is 4.29. The molecular formula is C20H28N4O. The number of hydrogen-bond donors (Lipinski definition) is 2. The summed E-state index contributed by atoms with van der Waals surface area (Å²) in [6.45, 7) is 11.5. The Kier molecular flexibility index (Phi) is 6.12. The molecule has 0 aliphatic rings. The smallest absolute Gasteiger partial charge is 0.271 e. The van der Waals surface area contributed by atoms with E-state index in [-0.39, 0.29) is 11.3 Å². The number of amides is 1. The van der Waals surface area contributed by atoms with E-state index in [2.05, 4.69) is 67.6 Å². The van der Waals surface area contributed by atoms with Crippen LogP contribution in [0, 0.1) is 5.92 Å². The Hall–Kier alpha value is -2.43. The molecular weight excluding hydrogens is 312 g/mol. The minimum atomic E-state index is -0.186. The number of benzene rings is 1. The van der Waals surface area contributed by atoms with Crippen LogP contribution in [0.3, 0.4) is 0 Å². The normalized spacial score (nSPS) is 11.4. The van der Waals surface area contributed by atoms with Gasteiger partial charge in [-0.25, -0.2) is 0 Å². The van der Waals surface area contributed by atoms with Crippen LogP contribution in [-0.2, 0) is 5.41 Å². The Morgan fingerprint density at radius 2 is 1.72 bits per heavy atom. The van der Waals surface area contributed by atoms with Gasteiger partial charge in [0.1, 0.15) is 0 Å². The first-order valence-corrected chi connectivity index (χ1v) is 8.75. The molecule has 0 saturated carbocycles. The lowest BCUT2D eigenvalue weighted by Crippen LogP contribution is -2.26. The summed E-state index contributed by atoms with van der Waals surface area (Å²) in [5.74, 6) is 0.985. The average Bonchev–Trinajstić information content (AvgIpc) is 2.55. The molecule has 0 atom stereocenters. The van der Waals surface area contributed by atoms with Crippen molar-refractivity contribution in [1.29, 1.82) is 0 Å². The Balaban J connectivity index is 1.95. The van der Waals surface area contributed by atoms with Gasteiger partial charge in [-0.05, 0) is 47.6 Å². The van der Waals surface area contributed by atoms with Crippen molar-refractivity contribution in [2.45, 2.75) is 46.5 Å². The van der Waals surface area contributed by atoms with Crippen LogP contribution in [0.5, 0.6) is 0 Å². The molecule has 0 bridgehead atoms. The van der Waals surface area contributed by atoms with Gasteiger partial charge in [-0.2, -0.15) is 0 Å². The van der Waals surface area contributed by atoms with Crippen LogP contribution in [0.25, 0.3) is 0 Å². The monoisotopic (exact) mass is 340 g/mol. The van der Waals surface area contributed by atoms with E-state index in [4.69, 9.17) is 0 Å². The molecule has 2 aromatic rings. The van der Waals surface area contributed by atoms with Crippen molar-refractivity contribution in [3.63, 3.8) is 0 Å². The second kappa shape index (κ2) is 8.10. The Morgan fingerprint density at radius 1 is 1.04 bits per heavy atom. The lowest BCUT2D eigenvalue weighted by Gasteiger charge is -2.19. The fourth-order valence-electron chi connectivity index (χ4n) is 2.29. The molecule has 1 aromatic heterocycles. The van der Waals surface area contributed by atoms with Gasteiger partial charge in [0.2, 0.25) is 0 Å². The third-order valence-corrected chi connectivity index (χ3v) is 3.93. The topological polar surface area (TPSA) is 66.9 Å². The van der Waals surface area contributed by atoms with Gasteiger partial charge in [0, 0.05) is 12.2 Å². The van der Waals surface area contributed by atoms with Crippen molar-refractivity contribution in [2.24, 2.45) is 5.92 Å². The molecule has 1 heterocycles. The van der Waals surface area contributed by atoms with Crippen LogP contribution in [0.15, 0.2) is 36.4 Å². The van der Waals surface area contributed by atoms with Crippen LogP contribution in [-0.4, -0.2) is 22.6 Å². The maximum Gasteiger partial charge on any atom is 0.271 e. The van der Waals surface area contributed by atoms with Crippen molar-refractivity contribution in [1.82, 2.24) is 15.5 Å². The highest BCUT2D eigenvalue weighted by Crippen LogP contribution is 2.24. The van der Waals surface area contributed by atoms with Crippen molar-refractivity contribution in [3.8, 4) is 0 Å². The fraction of sp³-hybridized carbons (Fsp3) is 0.450. The standard InChI is InChI=1S/C20H28N4O/c1-14(2)12-13-21-19(25)17-10-11-18(24-23-17)22-16-8-6-15(7-9-16)20(3,4)5/h6-11,14H,12-13H2,1-5H3,(H,21,25)(H,22,24). The molecule has 5 nitrogen and oxygen atoms in total. The lowest BCUT2D eigenvalue weighted by molar-refractivity contribution is 0.0946. The van der Waals surface area contributed by atoms with E-state index in [1.54, 1.807) is 12.1 Å². The molecule has 0 saturated heterocycles. The summed E-state index contributed by atoms with van der Waals surface area (Å²) in [6, 6.07) is 11.7. The second-order valence-corrected chi connectivity index (χ2v) is 7.69. The third-order valence-electron chi connectivity index (χ3n) is 3.93. The molecule has 25 heavy (non-hydrogen) atoms. The zero-order valence-electron chi connectivity index (χ0n) is 15.8. The minimum absolute atomic E-state index is 0.128. The highest BCUT2D eigenvalue weighted by Gasteiger charge is 2.13. The summed E-state index contributed by atoms with van der Waals surface area (Å²) in [7, 11) is 0. The van der Waals surface area contributed by atoms with Gasteiger partial charge in [0.15, 0.2) is 11.5 Å². The zero-order chi connectivity index (χ0) is 18.4. The van der Waals surface area contributed by atoms with Gasteiger partial charge >= 0.3 is 0 Å². The van der Waals surface area contributed by atoms with Gasteiger partial charge in [-0.3, -0.25) is 4.79 Å². The van der Waals surface area contributed by atoms with Gasteiger partial charge in [0.05, 0.1) is 0 Å². The van der Waals surface area contributed by atoms with Crippen LogP contribution >= 0.6 is 0 Å². The van der Waals surface area contributed by atoms with E-state index in [0.29, 0.717) is 24.0 Å². The lowest BCUT2D eigenvalue weighted by atomic mass is 9.87. The number of anilines is 2. The third kappa shape index (κ3) is 5.85. The Morgan fingerprint density at radius 3 is 2.24 bits per heavy atom. The first kappa shape index (κ1) is 18.9. The van der Waals surface area contributed by atoms with E-state index in [0.717, 1.165) is 12.1 Å². The summed E-state index contributed by atoms with van der Waals surface area (Å²) < 4.78 is 0. The quantitative estimate of drug-likeness (QED) is 0.823. The highest BCUT2D eigenvalue weighted by molar-refractivity contribution is 5.92. The van der Waals surface area contributed by atoms with E-state index >= 15 is 0 Å². The number of carbonyl (C=O) groups is 1. The number of rotatable bonds is 6. The molecule has 134 valence electrons. The zero-order valence-corrected chi connectivity index (χ0v) is 15.8. The van der Waals surface area contributed by atoms with Gasteiger partial charge in [0.25, 0.3) is 5.91 Å². The van der Waals surface area contributed by atoms with Crippen molar-refractivity contribution in [2.75, 3.05) is 11.9 Å². The Bertz CT molecular complexity index is 685. The minimum Gasteiger partial charge on any atom is -0.351 e. The molecule has 0 fully saturated rings. The summed E-state index contributed by atoms with van der Waals surface area (Å²) in [6.07, 6.45) is 0.948. The molecule has 0 aliphatic carbocycles. The molecule has 0 radical (unpaired) electrons. The highest BCUT2D eigenvalue weighted by atomic mass is 16.1. The van der Waals surface area contributed by atoms with E-state index in [1.807, 2.05) is 12.1 Å². The largest absolute Gasteiger partial charge is 0.351 e. The molecule has 0 unspecified atom stereocenters.